The molecular formula is C22H25Cl3N2O. The van der Waals surface area contributed by atoms with Gasteiger partial charge in [-0.1, -0.05) is 59.9 Å². The Morgan fingerprint density at radius 3 is 2.25 bits per heavy atom. The lowest BCUT2D eigenvalue weighted by Crippen LogP contribution is -2.63. The highest BCUT2D eigenvalue weighted by Gasteiger charge is 2.57. The van der Waals surface area contributed by atoms with Gasteiger partial charge in [0, 0.05) is 38.4 Å². The quantitative estimate of drug-likeness (QED) is 0.614. The molecule has 0 aliphatic heterocycles. The van der Waals surface area contributed by atoms with E-state index in [1.165, 1.54) is 0 Å². The molecule has 1 fully saturated rings. The highest BCUT2D eigenvalue weighted by molar-refractivity contribution is 6.35. The third kappa shape index (κ3) is 3.59. The minimum Gasteiger partial charge on any atom is -0.328 e. The molecule has 6 heteroatoms. The first kappa shape index (κ1) is 21.6. The first-order chi connectivity index (χ1) is 13.1. The summed E-state index contributed by atoms with van der Waals surface area (Å²) < 4.78 is 0. The molecule has 0 heterocycles. The van der Waals surface area contributed by atoms with E-state index in [4.69, 9.17) is 46.3 Å². The number of halogens is 3. The van der Waals surface area contributed by atoms with Gasteiger partial charge >= 0.3 is 0 Å². The van der Waals surface area contributed by atoms with Gasteiger partial charge in [0.2, 0.25) is 0 Å². The molecule has 3 nitrogen and oxygen atoms in total. The second-order valence-corrected chi connectivity index (χ2v) is 9.44. The lowest BCUT2D eigenvalue weighted by molar-refractivity contribution is -0.124. The minimum absolute atomic E-state index is 0.123. The smallest absolute Gasteiger partial charge is 0.126 e. The third-order valence-electron chi connectivity index (χ3n) is 6.25. The van der Waals surface area contributed by atoms with E-state index >= 15 is 0 Å². The molecule has 0 spiro atoms. The average Bonchev–Trinajstić information content (AvgIpc) is 2.63. The Bertz CT molecular complexity index is 871. The number of nitrogens with two attached hydrogens (primary N) is 2. The van der Waals surface area contributed by atoms with E-state index in [0.29, 0.717) is 27.9 Å². The lowest BCUT2D eigenvalue weighted by Gasteiger charge is -2.56. The van der Waals surface area contributed by atoms with Crippen molar-refractivity contribution >= 4 is 41.1 Å². The SMILES string of the molecule is CC(N)C1C(C)(C=O)CCC(c2ccc(Cl)cc2Cl)C1(N)c1ccc(Cl)cc1. The number of hydrogen-bond donors (Lipinski definition) is 2. The number of aldehydes is 1. The topological polar surface area (TPSA) is 69.1 Å². The molecule has 0 aromatic heterocycles. The second kappa shape index (κ2) is 7.97. The highest BCUT2D eigenvalue weighted by atomic mass is 35.5. The molecule has 0 amide bonds. The van der Waals surface area contributed by atoms with Crippen LogP contribution in [0.5, 0.6) is 0 Å². The van der Waals surface area contributed by atoms with E-state index < -0.39 is 11.0 Å². The molecule has 4 N–H and O–H groups in total. The summed E-state index contributed by atoms with van der Waals surface area (Å²) in [7, 11) is 0. The molecule has 150 valence electrons. The van der Waals surface area contributed by atoms with Crippen LogP contribution in [0.2, 0.25) is 15.1 Å². The van der Waals surface area contributed by atoms with Crippen molar-refractivity contribution < 1.29 is 4.79 Å². The fourth-order valence-electron chi connectivity index (χ4n) is 5.10. The summed E-state index contributed by atoms with van der Waals surface area (Å²) in [6.07, 6.45) is 2.40. The molecule has 5 atom stereocenters. The van der Waals surface area contributed by atoms with Gasteiger partial charge in [-0.25, -0.2) is 0 Å². The van der Waals surface area contributed by atoms with Crippen LogP contribution in [0.3, 0.4) is 0 Å². The fraction of sp³-hybridized carbons (Fsp3) is 0.409. The Hall–Kier alpha value is -1.10. The number of hydrogen-bond acceptors (Lipinski definition) is 3. The van der Waals surface area contributed by atoms with E-state index in [0.717, 1.165) is 17.4 Å². The number of carbonyl (C=O) groups is 1. The van der Waals surface area contributed by atoms with Gasteiger partial charge in [0.25, 0.3) is 0 Å². The largest absolute Gasteiger partial charge is 0.328 e. The van der Waals surface area contributed by atoms with Crippen LogP contribution < -0.4 is 11.5 Å². The molecule has 28 heavy (non-hydrogen) atoms. The van der Waals surface area contributed by atoms with Crippen LogP contribution in [0.1, 0.15) is 43.7 Å². The summed E-state index contributed by atoms with van der Waals surface area (Å²) >= 11 is 18.8. The molecule has 0 radical (unpaired) electrons. The zero-order valence-corrected chi connectivity index (χ0v) is 18.2. The van der Waals surface area contributed by atoms with Crippen molar-refractivity contribution in [1.29, 1.82) is 0 Å². The molecule has 2 aromatic rings. The molecule has 1 aliphatic carbocycles. The summed E-state index contributed by atoms with van der Waals surface area (Å²) in [5.74, 6) is -0.411. The van der Waals surface area contributed by atoms with Gasteiger partial charge in [0.1, 0.15) is 6.29 Å². The van der Waals surface area contributed by atoms with Crippen molar-refractivity contribution in [2.75, 3.05) is 0 Å². The molecule has 0 saturated heterocycles. The Morgan fingerprint density at radius 2 is 1.71 bits per heavy atom. The number of rotatable bonds is 4. The summed E-state index contributed by atoms with van der Waals surface area (Å²) in [6, 6.07) is 12.7. The molecule has 3 rings (SSSR count). The summed E-state index contributed by atoms with van der Waals surface area (Å²) in [4.78, 5) is 12.1. The van der Waals surface area contributed by atoms with Gasteiger partial charge in [-0.15, -0.1) is 0 Å². The van der Waals surface area contributed by atoms with E-state index in [9.17, 15) is 4.79 Å². The van der Waals surface area contributed by atoms with Crippen LogP contribution in [0, 0.1) is 11.3 Å². The van der Waals surface area contributed by atoms with Crippen molar-refractivity contribution in [3.63, 3.8) is 0 Å². The Kier molecular flexibility index (Phi) is 6.15. The van der Waals surface area contributed by atoms with Crippen molar-refractivity contribution in [1.82, 2.24) is 0 Å². The van der Waals surface area contributed by atoms with Crippen LogP contribution in [0.4, 0.5) is 0 Å². The Labute approximate surface area is 181 Å². The molecule has 5 unspecified atom stereocenters. The van der Waals surface area contributed by atoms with E-state index in [1.54, 1.807) is 6.07 Å². The zero-order valence-electron chi connectivity index (χ0n) is 16.0. The van der Waals surface area contributed by atoms with Crippen molar-refractivity contribution in [2.24, 2.45) is 22.8 Å². The van der Waals surface area contributed by atoms with Crippen LogP contribution >= 0.6 is 34.8 Å². The highest BCUT2D eigenvalue weighted by Crippen LogP contribution is 2.57. The van der Waals surface area contributed by atoms with Crippen LogP contribution in [-0.2, 0) is 10.3 Å². The predicted octanol–water partition coefficient (Wildman–Crippen LogP) is 5.55. The Morgan fingerprint density at radius 1 is 1.11 bits per heavy atom. The molecular weight excluding hydrogens is 415 g/mol. The van der Waals surface area contributed by atoms with E-state index in [-0.39, 0.29) is 17.9 Å². The maximum Gasteiger partial charge on any atom is 0.126 e. The van der Waals surface area contributed by atoms with Crippen LogP contribution in [0.15, 0.2) is 42.5 Å². The fourth-order valence-corrected chi connectivity index (χ4v) is 5.76. The summed E-state index contributed by atoms with van der Waals surface area (Å²) in [6.45, 7) is 3.86. The van der Waals surface area contributed by atoms with E-state index in [1.807, 2.05) is 50.2 Å². The standard InChI is InChI=1S/C22H25Cl3N2O/c1-13(26)20-21(2,12-28)10-9-18(17-8-7-16(24)11-19(17)25)22(20,27)14-3-5-15(23)6-4-14/h3-8,11-13,18,20H,9-10,26-27H2,1-2H3. The maximum absolute atomic E-state index is 12.1. The van der Waals surface area contributed by atoms with Crippen molar-refractivity contribution in [3.8, 4) is 0 Å². The lowest BCUT2D eigenvalue weighted by atomic mass is 9.51. The zero-order chi connectivity index (χ0) is 20.7. The van der Waals surface area contributed by atoms with E-state index in [2.05, 4.69) is 0 Å². The Balaban J connectivity index is 2.26. The maximum atomic E-state index is 12.1. The summed E-state index contributed by atoms with van der Waals surface area (Å²) in [5.41, 5.74) is 14.0. The third-order valence-corrected chi connectivity index (χ3v) is 7.06. The minimum atomic E-state index is -0.899. The first-order valence-corrected chi connectivity index (χ1v) is 10.5. The summed E-state index contributed by atoms with van der Waals surface area (Å²) in [5, 5.41) is 1.76. The van der Waals surface area contributed by atoms with Gasteiger partial charge in [0.15, 0.2) is 0 Å². The predicted molar refractivity (Wildman–Crippen MR) is 117 cm³/mol. The normalized spacial score (nSPS) is 31.4. The van der Waals surface area contributed by atoms with Crippen LogP contribution in [0.25, 0.3) is 0 Å². The average molecular weight is 440 g/mol. The molecule has 1 aliphatic rings. The monoisotopic (exact) mass is 438 g/mol. The van der Waals surface area contributed by atoms with Crippen molar-refractivity contribution in [2.45, 2.75) is 44.2 Å². The molecule has 2 aromatic carbocycles. The number of carbonyl (C=O) groups excluding carboxylic acids is 1. The molecule has 1 saturated carbocycles. The van der Waals surface area contributed by atoms with Gasteiger partial charge < -0.3 is 16.3 Å². The number of benzene rings is 2. The second-order valence-electron chi connectivity index (χ2n) is 8.16. The van der Waals surface area contributed by atoms with Gasteiger partial charge in [-0.2, -0.15) is 0 Å². The first-order valence-electron chi connectivity index (χ1n) is 9.35. The van der Waals surface area contributed by atoms with Gasteiger partial charge in [-0.05, 0) is 55.2 Å². The van der Waals surface area contributed by atoms with Crippen molar-refractivity contribution in [3.05, 3.63) is 68.7 Å². The van der Waals surface area contributed by atoms with Gasteiger partial charge in [0.05, 0.1) is 5.54 Å². The molecule has 0 bridgehead atoms. The van der Waals surface area contributed by atoms with Crippen LogP contribution in [-0.4, -0.2) is 12.3 Å². The van der Waals surface area contributed by atoms with Gasteiger partial charge in [-0.3, -0.25) is 0 Å².